The van der Waals surface area contributed by atoms with Gasteiger partial charge in [0, 0.05) is 25.0 Å². The van der Waals surface area contributed by atoms with Crippen LogP contribution in [0.2, 0.25) is 5.02 Å². The smallest absolute Gasteiger partial charge is 0.407 e. The van der Waals surface area contributed by atoms with Crippen LogP contribution in [0.1, 0.15) is 6.42 Å². The van der Waals surface area contributed by atoms with Crippen LogP contribution in [-0.4, -0.2) is 40.2 Å². The predicted molar refractivity (Wildman–Crippen MR) is 85.8 cm³/mol. The molecule has 1 aromatic carbocycles. The molecule has 1 fully saturated rings. The zero-order valence-electron chi connectivity index (χ0n) is 12.2. The van der Waals surface area contributed by atoms with E-state index < -0.39 is 11.9 Å². The summed E-state index contributed by atoms with van der Waals surface area (Å²) in [6, 6.07) is 8.12. The molecule has 3 rings (SSSR count). The molecular formula is C16H15ClFN3O2. The zero-order chi connectivity index (χ0) is 16.4. The fourth-order valence-electron chi connectivity index (χ4n) is 2.83. The Balaban J connectivity index is 1.98. The number of likely N-dealkylation sites (tertiary alicyclic amines) is 1. The number of pyridine rings is 1. The number of benzene rings is 1. The van der Waals surface area contributed by atoms with Gasteiger partial charge < -0.3 is 14.9 Å². The lowest BCUT2D eigenvalue weighted by Crippen LogP contribution is -2.35. The lowest BCUT2D eigenvalue weighted by Gasteiger charge is -2.31. The van der Waals surface area contributed by atoms with Crippen molar-refractivity contribution in [3.8, 4) is 0 Å². The third-order valence-corrected chi connectivity index (χ3v) is 4.19. The Bertz CT molecular complexity index is 714. The molecule has 23 heavy (non-hydrogen) atoms. The highest BCUT2D eigenvalue weighted by Crippen LogP contribution is 2.33. The Morgan fingerprint density at radius 2 is 2.22 bits per heavy atom. The molecule has 1 aliphatic heterocycles. The minimum Gasteiger partial charge on any atom is -0.465 e. The van der Waals surface area contributed by atoms with Crippen molar-refractivity contribution in [1.82, 2.24) is 9.88 Å². The molecule has 1 N–H and O–H groups in total. The quantitative estimate of drug-likeness (QED) is 0.927. The van der Waals surface area contributed by atoms with Gasteiger partial charge in [-0.05, 0) is 36.8 Å². The van der Waals surface area contributed by atoms with E-state index in [1.165, 1.54) is 11.0 Å². The minimum atomic E-state index is -0.934. The third-order valence-electron chi connectivity index (χ3n) is 3.90. The van der Waals surface area contributed by atoms with Gasteiger partial charge in [-0.2, -0.15) is 0 Å². The second-order valence-electron chi connectivity index (χ2n) is 5.35. The van der Waals surface area contributed by atoms with Crippen molar-refractivity contribution in [2.75, 3.05) is 18.0 Å². The van der Waals surface area contributed by atoms with Gasteiger partial charge in [0.1, 0.15) is 5.82 Å². The molecule has 0 bridgehead atoms. The molecule has 1 aliphatic rings. The molecule has 1 aromatic heterocycles. The van der Waals surface area contributed by atoms with E-state index in [-0.39, 0.29) is 11.1 Å². The molecule has 2 heterocycles. The first-order chi connectivity index (χ1) is 11.1. The molecule has 5 nitrogen and oxygen atoms in total. The SMILES string of the molecule is O=C(O)N1CC[C@H](N(c2cccnc2)c2ccc(F)c(Cl)c2)C1. The first kappa shape index (κ1) is 15.6. The number of nitrogens with zero attached hydrogens (tertiary/aromatic N) is 3. The molecule has 120 valence electrons. The average Bonchev–Trinajstić information content (AvgIpc) is 3.02. The second kappa shape index (κ2) is 6.42. The molecule has 1 saturated heterocycles. The Kier molecular flexibility index (Phi) is 4.34. The Hall–Kier alpha value is -2.34. The molecule has 0 radical (unpaired) electrons. The molecule has 0 saturated carbocycles. The molecule has 0 aliphatic carbocycles. The average molecular weight is 336 g/mol. The Morgan fingerprint density at radius 1 is 1.39 bits per heavy atom. The van der Waals surface area contributed by atoms with E-state index in [9.17, 15) is 9.18 Å². The van der Waals surface area contributed by atoms with E-state index in [0.717, 1.165) is 5.69 Å². The van der Waals surface area contributed by atoms with E-state index in [1.807, 2.05) is 11.0 Å². The molecule has 1 amide bonds. The highest BCUT2D eigenvalue weighted by Gasteiger charge is 2.31. The summed E-state index contributed by atoms with van der Waals surface area (Å²) in [5.41, 5.74) is 1.52. The van der Waals surface area contributed by atoms with E-state index in [1.54, 1.807) is 30.6 Å². The highest BCUT2D eigenvalue weighted by atomic mass is 35.5. The summed E-state index contributed by atoms with van der Waals surface area (Å²) in [5, 5.41) is 9.19. The van der Waals surface area contributed by atoms with Crippen LogP contribution in [-0.2, 0) is 0 Å². The van der Waals surface area contributed by atoms with E-state index in [0.29, 0.717) is 25.2 Å². The number of rotatable bonds is 3. The maximum absolute atomic E-state index is 13.5. The van der Waals surface area contributed by atoms with Crippen molar-refractivity contribution in [3.05, 3.63) is 53.6 Å². The van der Waals surface area contributed by atoms with E-state index in [2.05, 4.69) is 4.98 Å². The van der Waals surface area contributed by atoms with Crippen LogP contribution < -0.4 is 4.90 Å². The van der Waals surface area contributed by atoms with Gasteiger partial charge in [0.2, 0.25) is 0 Å². The van der Waals surface area contributed by atoms with Crippen molar-refractivity contribution in [3.63, 3.8) is 0 Å². The fourth-order valence-corrected chi connectivity index (χ4v) is 3.00. The van der Waals surface area contributed by atoms with Gasteiger partial charge in [0.05, 0.1) is 22.9 Å². The van der Waals surface area contributed by atoms with Crippen LogP contribution in [0.3, 0.4) is 0 Å². The van der Waals surface area contributed by atoms with Crippen molar-refractivity contribution >= 4 is 29.1 Å². The highest BCUT2D eigenvalue weighted by molar-refractivity contribution is 6.31. The molecule has 0 spiro atoms. The summed E-state index contributed by atoms with van der Waals surface area (Å²) in [4.78, 5) is 18.6. The summed E-state index contributed by atoms with van der Waals surface area (Å²) < 4.78 is 13.5. The topological polar surface area (TPSA) is 56.7 Å². The van der Waals surface area contributed by atoms with Crippen LogP contribution in [0.15, 0.2) is 42.7 Å². The van der Waals surface area contributed by atoms with Gasteiger partial charge in [-0.3, -0.25) is 4.98 Å². The van der Waals surface area contributed by atoms with Gasteiger partial charge in [-0.1, -0.05) is 11.6 Å². The maximum Gasteiger partial charge on any atom is 0.407 e. The monoisotopic (exact) mass is 335 g/mol. The van der Waals surface area contributed by atoms with E-state index >= 15 is 0 Å². The number of hydrogen-bond donors (Lipinski definition) is 1. The van der Waals surface area contributed by atoms with Crippen LogP contribution in [0.5, 0.6) is 0 Å². The van der Waals surface area contributed by atoms with Crippen molar-refractivity contribution in [2.24, 2.45) is 0 Å². The van der Waals surface area contributed by atoms with Gasteiger partial charge in [-0.25, -0.2) is 9.18 Å². The number of amides is 1. The first-order valence-corrected chi connectivity index (χ1v) is 7.56. The first-order valence-electron chi connectivity index (χ1n) is 7.18. The fraction of sp³-hybridized carbons (Fsp3) is 0.250. The van der Waals surface area contributed by atoms with Crippen molar-refractivity contribution < 1.29 is 14.3 Å². The number of hydrogen-bond acceptors (Lipinski definition) is 3. The number of carbonyl (C=O) groups is 1. The summed E-state index contributed by atoms with van der Waals surface area (Å²) in [6.45, 7) is 0.838. The van der Waals surface area contributed by atoms with Gasteiger partial charge in [-0.15, -0.1) is 0 Å². The summed E-state index contributed by atoms with van der Waals surface area (Å²) in [6.07, 6.45) is 3.10. The summed E-state index contributed by atoms with van der Waals surface area (Å²) in [5.74, 6) is -0.486. The van der Waals surface area contributed by atoms with Crippen molar-refractivity contribution in [1.29, 1.82) is 0 Å². The number of aromatic nitrogens is 1. The molecule has 7 heteroatoms. The summed E-state index contributed by atoms with van der Waals surface area (Å²) >= 11 is 5.91. The molecule has 0 unspecified atom stereocenters. The van der Waals surface area contributed by atoms with Crippen LogP contribution in [0.4, 0.5) is 20.6 Å². The van der Waals surface area contributed by atoms with Gasteiger partial charge >= 0.3 is 6.09 Å². The second-order valence-corrected chi connectivity index (χ2v) is 5.76. The van der Waals surface area contributed by atoms with Crippen LogP contribution in [0.25, 0.3) is 0 Å². The molecule has 1 atom stereocenters. The predicted octanol–water partition coefficient (Wildman–Crippen LogP) is 3.76. The normalized spacial score (nSPS) is 17.3. The van der Waals surface area contributed by atoms with E-state index in [4.69, 9.17) is 16.7 Å². The van der Waals surface area contributed by atoms with Gasteiger partial charge in [0.15, 0.2) is 0 Å². The molecular weight excluding hydrogens is 321 g/mol. The molecule has 2 aromatic rings. The minimum absolute atomic E-state index is 0.0319. The maximum atomic E-state index is 13.5. The number of anilines is 2. The standard InChI is InChI=1S/C16H15ClFN3O2/c17-14-8-11(3-4-15(14)18)21(12-2-1-6-19-9-12)13-5-7-20(10-13)16(22)23/h1-4,6,8-9,13H,5,7,10H2,(H,22,23)/t13-/m0/s1. The van der Waals surface area contributed by atoms with Crippen LogP contribution in [0, 0.1) is 5.82 Å². The lowest BCUT2D eigenvalue weighted by atomic mass is 10.1. The third kappa shape index (κ3) is 3.22. The Morgan fingerprint density at radius 3 is 2.83 bits per heavy atom. The number of carboxylic acid groups (broad SMARTS) is 1. The zero-order valence-corrected chi connectivity index (χ0v) is 12.9. The number of halogens is 2. The van der Waals surface area contributed by atoms with Gasteiger partial charge in [0.25, 0.3) is 0 Å². The van der Waals surface area contributed by atoms with Crippen LogP contribution >= 0.6 is 11.6 Å². The Labute approximate surface area is 137 Å². The van der Waals surface area contributed by atoms with Crippen molar-refractivity contribution in [2.45, 2.75) is 12.5 Å². The lowest BCUT2D eigenvalue weighted by molar-refractivity contribution is 0.155. The largest absolute Gasteiger partial charge is 0.465 e. The summed E-state index contributed by atoms with van der Waals surface area (Å²) in [7, 11) is 0.